The van der Waals surface area contributed by atoms with Gasteiger partial charge in [-0.1, -0.05) is 17.3 Å². The van der Waals surface area contributed by atoms with Gasteiger partial charge >= 0.3 is 0 Å². The number of nitrogens with one attached hydrogen (secondary N) is 1. The zero-order valence-electron chi connectivity index (χ0n) is 17.9. The summed E-state index contributed by atoms with van der Waals surface area (Å²) in [5.41, 5.74) is 3.07. The van der Waals surface area contributed by atoms with E-state index in [4.69, 9.17) is 9.26 Å². The summed E-state index contributed by atoms with van der Waals surface area (Å²) in [5.74, 6) is 2.73. The number of aliphatic imine (C=N–C) groups is 1. The molecule has 0 bridgehead atoms. The summed E-state index contributed by atoms with van der Waals surface area (Å²) in [6.07, 6.45) is 2.31. The number of guanidine groups is 1. The molecule has 0 radical (unpaired) electrons. The van der Waals surface area contributed by atoms with Gasteiger partial charge in [0.15, 0.2) is 11.8 Å². The molecule has 1 aromatic carbocycles. The number of benzene rings is 1. The largest absolute Gasteiger partial charge is 0.492 e. The maximum Gasteiger partial charge on any atom is 0.276 e. The predicted octanol–water partition coefficient (Wildman–Crippen LogP) is 2.88. The topological polar surface area (TPSA) is 88.7 Å². The monoisotopic (exact) mass is 408 g/mol. The van der Waals surface area contributed by atoms with E-state index in [1.54, 1.807) is 13.2 Å². The second-order valence-electron chi connectivity index (χ2n) is 7.05. The second-order valence-corrected chi connectivity index (χ2v) is 7.05. The zero-order chi connectivity index (χ0) is 21.3. The van der Waals surface area contributed by atoms with Gasteiger partial charge in [-0.25, -0.2) is 0 Å². The number of rotatable bonds is 8. The summed E-state index contributed by atoms with van der Waals surface area (Å²) in [5, 5.41) is 7.33. The van der Waals surface area contributed by atoms with E-state index in [-0.39, 0.29) is 0 Å². The molecule has 3 rings (SSSR count). The van der Waals surface area contributed by atoms with Crippen molar-refractivity contribution in [3.8, 4) is 17.3 Å². The number of ether oxygens (including phenoxy) is 1. The van der Waals surface area contributed by atoms with Crippen molar-refractivity contribution < 1.29 is 9.26 Å². The van der Waals surface area contributed by atoms with Gasteiger partial charge in [-0.05, 0) is 49.2 Å². The Morgan fingerprint density at radius 3 is 2.70 bits per heavy atom. The standard InChI is InChI=1S/C22H28N6O2/c1-16-13-17(2)15-18(14-16)29-12-11-28(4)22(23-3)25-10-8-20-26-21(30-27-20)19-7-5-6-9-24-19/h5-7,9,13-15H,8,10-12H2,1-4H3,(H,23,25). The molecule has 1 N–H and O–H groups in total. The minimum atomic E-state index is 0.427. The Morgan fingerprint density at radius 1 is 1.20 bits per heavy atom. The Morgan fingerprint density at radius 2 is 2.00 bits per heavy atom. The van der Waals surface area contributed by atoms with Crippen LogP contribution in [0.3, 0.4) is 0 Å². The molecule has 0 aliphatic rings. The highest BCUT2D eigenvalue weighted by Gasteiger charge is 2.11. The summed E-state index contributed by atoms with van der Waals surface area (Å²) < 4.78 is 11.2. The van der Waals surface area contributed by atoms with E-state index in [1.165, 1.54) is 11.1 Å². The number of aryl methyl sites for hydroxylation is 2. The van der Waals surface area contributed by atoms with E-state index in [0.717, 1.165) is 11.7 Å². The van der Waals surface area contributed by atoms with Gasteiger partial charge in [0.25, 0.3) is 5.89 Å². The van der Waals surface area contributed by atoms with Crippen LogP contribution in [0.4, 0.5) is 0 Å². The van der Waals surface area contributed by atoms with E-state index in [2.05, 4.69) is 45.3 Å². The number of likely N-dealkylation sites (N-methyl/N-ethyl adjacent to an activating group) is 1. The van der Waals surface area contributed by atoms with Crippen LogP contribution in [-0.4, -0.2) is 59.8 Å². The average molecular weight is 409 g/mol. The predicted molar refractivity (Wildman–Crippen MR) is 117 cm³/mol. The van der Waals surface area contributed by atoms with Crippen molar-refractivity contribution in [1.29, 1.82) is 0 Å². The van der Waals surface area contributed by atoms with Gasteiger partial charge in [-0.15, -0.1) is 0 Å². The first-order valence-corrected chi connectivity index (χ1v) is 9.92. The Hall–Kier alpha value is -3.42. The fourth-order valence-electron chi connectivity index (χ4n) is 3.04. The van der Waals surface area contributed by atoms with Crippen LogP contribution < -0.4 is 10.1 Å². The molecule has 0 saturated carbocycles. The molecule has 0 saturated heterocycles. The van der Waals surface area contributed by atoms with Crippen molar-refractivity contribution in [2.24, 2.45) is 4.99 Å². The van der Waals surface area contributed by atoms with E-state index in [0.29, 0.717) is 43.5 Å². The van der Waals surface area contributed by atoms with Crippen LogP contribution in [-0.2, 0) is 6.42 Å². The summed E-state index contributed by atoms with van der Waals surface area (Å²) in [6.45, 7) is 6.05. The minimum Gasteiger partial charge on any atom is -0.492 e. The highest BCUT2D eigenvalue weighted by molar-refractivity contribution is 5.79. The van der Waals surface area contributed by atoms with Crippen LogP contribution >= 0.6 is 0 Å². The van der Waals surface area contributed by atoms with Crippen molar-refractivity contribution in [3.05, 3.63) is 59.5 Å². The molecule has 0 aliphatic heterocycles. The normalized spacial score (nSPS) is 11.4. The highest BCUT2D eigenvalue weighted by atomic mass is 16.5. The van der Waals surface area contributed by atoms with E-state index < -0.39 is 0 Å². The molecule has 0 amide bonds. The fourth-order valence-corrected chi connectivity index (χ4v) is 3.04. The number of hydrogen-bond acceptors (Lipinski definition) is 6. The van der Waals surface area contributed by atoms with Crippen molar-refractivity contribution in [2.75, 3.05) is 33.8 Å². The maximum atomic E-state index is 5.89. The fraction of sp³-hybridized carbons (Fsp3) is 0.364. The van der Waals surface area contributed by atoms with Crippen molar-refractivity contribution >= 4 is 5.96 Å². The molecule has 0 fully saturated rings. The molecule has 2 heterocycles. The molecule has 3 aromatic rings. The Labute approximate surface area is 177 Å². The minimum absolute atomic E-state index is 0.427. The lowest BCUT2D eigenvalue weighted by molar-refractivity contribution is 0.281. The van der Waals surface area contributed by atoms with Crippen LogP contribution in [0, 0.1) is 13.8 Å². The summed E-state index contributed by atoms with van der Waals surface area (Å²) >= 11 is 0. The van der Waals surface area contributed by atoms with E-state index >= 15 is 0 Å². The van der Waals surface area contributed by atoms with Crippen molar-refractivity contribution in [2.45, 2.75) is 20.3 Å². The Kier molecular flexibility index (Phi) is 7.37. The van der Waals surface area contributed by atoms with Gasteiger partial charge in [0.05, 0.1) is 6.54 Å². The van der Waals surface area contributed by atoms with Gasteiger partial charge in [-0.3, -0.25) is 9.98 Å². The highest BCUT2D eigenvalue weighted by Crippen LogP contribution is 2.16. The molecule has 0 aliphatic carbocycles. The molecule has 30 heavy (non-hydrogen) atoms. The van der Waals surface area contributed by atoms with Crippen molar-refractivity contribution in [3.63, 3.8) is 0 Å². The second kappa shape index (κ2) is 10.4. The molecule has 8 nitrogen and oxygen atoms in total. The molecule has 158 valence electrons. The van der Waals surface area contributed by atoms with Crippen LogP contribution in [0.5, 0.6) is 5.75 Å². The smallest absolute Gasteiger partial charge is 0.276 e. The lowest BCUT2D eigenvalue weighted by Gasteiger charge is -2.22. The number of pyridine rings is 1. The molecule has 2 aromatic heterocycles. The van der Waals surface area contributed by atoms with E-state index in [9.17, 15) is 0 Å². The van der Waals surface area contributed by atoms with Crippen molar-refractivity contribution in [1.82, 2.24) is 25.3 Å². The lowest BCUT2D eigenvalue weighted by Crippen LogP contribution is -2.41. The summed E-state index contributed by atoms with van der Waals surface area (Å²) in [4.78, 5) is 15.0. The zero-order valence-corrected chi connectivity index (χ0v) is 17.9. The first-order valence-electron chi connectivity index (χ1n) is 9.92. The SMILES string of the molecule is CN=C(NCCc1noc(-c2ccccn2)n1)N(C)CCOc1cc(C)cc(C)c1. The van der Waals surface area contributed by atoms with Gasteiger partial charge in [0.2, 0.25) is 0 Å². The molecule has 8 heteroatoms. The number of nitrogens with zero attached hydrogens (tertiary/aromatic N) is 5. The van der Waals surface area contributed by atoms with Crippen LogP contribution in [0.25, 0.3) is 11.6 Å². The third-order valence-electron chi connectivity index (χ3n) is 4.45. The lowest BCUT2D eigenvalue weighted by atomic mass is 10.1. The van der Waals surface area contributed by atoms with Crippen LogP contribution in [0.15, 0.2) is 52.1 Å². The van der Waals surface area contributed by atoms with Gasteiger partial charge in [0, 0.05) is 33.3 Å². The Balaban J connectivity index is 1.43. The maximum absolute atomic E-state index is 5.89. The van der Waals surface area contributed by atoms with Gasteiger partial charge in [-0.2, -0.15) is 4.98 Å². The quantitative estimate of drug-likeness (QED) is 0.453. The van der Waals surface area contributed by atoms with Gasteiger partial charge in [0.1, 0.15) is 18.1 Å². The molecular weight excluding hydrogens is 380 g/mol. The van der Waals surface area contributed by atoms with Crippen LogP contribution in [0.2, 0.25) is 0 Å². The molecular formula is C22H28N6O2. The van der Waals surface area contributed by atoms with E-state index in [1.807, 2.05) is 42.3 Å². The average Bonchev–Trinajstić information content (AvgIpc) is 3.20. The molecule has 0 spiro atoms. The molecule has 0 unspecified atom stereocenters. The Bertz CT molecular complexity index is 951. The van der Waals surface area contributed by atoms with Crippen LogP contribution in [0.1, 0.15) is 17.0 Å². The molecule has 0 atom stereocenters. The van der Waals surface area contributed by atoms with Gasteiger partial charge < -0.3 is 19.5 Å². The third kappa shape index (κ3) is 6.04. The third-order valence-corrected chi connectivity index (χ3v) is 4.45. The number of hydrogen-bond donors (Lipinski definition) is 1. The first-order chi connectivity index (χ1) is 14.5. The first kappa shape index (κ1) is 21.3. The number of aromatic nitrogens is 3. The summed E-state index contributed by atoms with van der Waals surface area (Å²) in [7, 11) is 3.74. The summed E-state index contributed by atoms with van der Waals surface area (Å²) in [6, 6.07) is 11.8.